The van der Waals surface area contributed by atoms with Crippen molar-refractivity contribution in [1.82, 2.24) is 15.5 Å². The van der Waals surface area contributed by atoms with Crippen molar-refractivity contribution in [3.8, 4) is 0 Å². The predicted molar refractivity (Wildman–Crippen MR) is 116 cm³/mol. The van der Waals surface area contributed by atoms with Crippen LogP contribution < -0.4 is 10.6 Å². The molecule has 1 aromatic rings. The number of piperidine rings is 1. The maximum atomic E-state index is 12.9. The van der Waals surface area contributed by atoms with Crippen molar-refractivity contribution in [2.45, 2.75) is 77.4 Å². The Morgan fingerprint density at radius 1 is 1.00 bits per heavy atom. The number of likely N-dealkylation sites (tertiary alicyclic amines) is 1. The first-order chi connectivity index (χ1) is 14.0. The molecular weight excluding hydrogens is 362 g/mol. The van der Waals surface area contributed by atoms with E-state index in [-0.39, 0.29) is 29.7 Å². The Kier molecular flexibility index (Phi) is 8.10. The van der Waals surface area contributed by atoms with Gasteiger partial charge in [0.25, 0.3) is 0 Å². The van der Waals surface area contributed by atoms with Crippen LogP contribution in [0.15, 0.2) is 30.3 Å². The molecule has 5 heteroatoms. The highest BCUT2D eigenvalue weighted by molar-refractivity contribution is 5.88. The lowest BCUT2D eigenvalue weighted by Gasteiger charge is -2.34. The molecule has 1 aromatic carbocycles. The molecule has 2 amide bonds. The average Bonchev–Trinajstić information content (AvgIpc) is 2.74. The minimum absolute atomic E-state index is 0.0225. The minimum Gasteiger partial charge on any atom is -0.351 e. The maximum absolute atomic E-state index is 12.9. The van der Waals surface area contributed by atoms with Crippen molar-refractivity contribution < 1.29 is 9.59 Å². The molecule has 29 heavy (non-hydrogen) atoms. The average molecular weight is 400 g/mol. The highest BCUT2D eigenvalue weighted by atomic mass is 16.2. The normalized spacial score (nSPS) is 20.4. The Morgan fingerprint density at radius 2 is 1.66 bits per heavy atom. The van der Waals surface area contributed by atoms with Crippen LogP contribution in [0.3, 0.4) is 0 Å². The standard InChI is InChI=1S/C24H37N3O2/c1-18(2)22(26-23(28)20-11-7-4-8-12-20)24(29)25-21-13-15-27(16-14-21)17-19-9-5-3-6-10-19/h3,5-6,9-10,18,20-22H,4,7-8,11-17H2,1-2H3,(H,25,29)(H,26,28)/t22-/m1/s1. The zero-order valence-electron chi connectivity index (χ0n) is 18.0. The Labute approximate surface area is 175 Å². The van der Waals surface area contributed by atoms with Crippen LogP contribution in [0.2, 0.25) is 0 Å². The predicted octanol–water partition coefficient (Wildman–Crippen LogP) is 3.49. The van der Waals surface area contributed by atoms with Gasteiger partial charge in [0, 0.05) is 31.6 Å². The van der Waals surface area contributed by atoms with Gasteiger partial charge in [0.15, 0.2) is 0 Å². The van der Waals surface area contributed by atoms with Gasteiger partial charge in [-0.2, -0.15) is 0 Å². The van der Waals surface area contributed by atoms with Crippen LogP contribution in [0.1, 0.15) is 64.4 Å². The highest BCUT2D eigenvalue weighted by Gasteiger charge is 2.30. The summed E-state index contributed by atoms with van der Waals surface area (Å²) in [5.41, 5.74) is 1.33. The van der Waals surface area contributed by atoms with Gasteiger partial charge in [-0.25, -0.2) is 0 Å². The lowest BCUT2D eigenvalue weighted by Crippen LogP contribution is -2.54. The number of carbonyl (C=O) groups is 2. The number of hydrogen-bond acceptors (Lipinski definition) is 3. The van der Waals surface area contributed by atoms with Gasteiger partial charge in [-0.05, 0) is 37.2 Å². The van der Waals surface area contributed by atoms with E-state index in [0.717, 1.165) is 58.2 Å². The lowest BCUT2D eigenvalue weighted by atomic mass is 9.88. The molecule has 1 aliphatic heterocycles. The second-order valence-corrected chi connectivity index (χ2v) is 9.11. The Hall–Kier alpha value is -1.88. The van der Waals surface area contributed by atoms with Gasteiger partial charge in [-0.3, -0.25) is 14.5 Å². The van der Waals surface area contributed by atoms with Crippen LogP contribution in [0.5, 0.6) is 0 Å². The molecule has 1 saturated carbocycles. The fourth-order valence-corrected chi connectivity index (χ4v) is 4.54. The summed E-state index contributed by atoms with van der Waals surface area (Å²) in [6, 6.07) is 10.3. The molecule has 2 N–H and O–H groups in total. The van der Waals surface area contributed by atoms with Gasteiger partial charge >= 0.3 is 0 Å². The quantitative estimate of drug-likeness (QED) is 0.738. The number of nitrogens with zero attached hydrogens (tertiary/aromatic N) is 1. The molecule has 3 rings (SSSR count). The minimum atomic E-state index is -0.438. The van der Waals surface area contributed by atoms with Gasteiger partial charge < -0.3 is 10.6 Å². The highest BCUT2D eigenvalue weighted by Crippen LogP contribution is 2.24. The fraction of sp³-hybridized carbons (Fsp3) is 0.667. The third kappa shape index (κ3) is 6.56. The molecule has 1 saturated heterocycles. The Balaban J connectivity index is 1.45. The summed E-state index contributed by atoms with van der Waals surface area (Å²) in [5, 5.41) is 6.27. The zero-order valence-corrected chi connectivity index (χ0v) is 18.0. The van der Waals surface area contributed by atoms with Crippen LogP contribution in [0.4, 0.5) is 0 Å². The first kappa shape index (κ1) is 21.8. The van der Waals surface area contributed by atoms with Crippen LogP contribution >= 0.6 is 0 Å². The topological polar surface area (TPSA) is 61.4 Å². The Bertz CT molecular complexity index is 647. The van der Waals surface area contributed by atoms with Gasteiger partial charge in [-0.15, -0.1) is 0 Å². The molecule has 0 unspecified atom stereocenters. The molecule has 0 bridgehead atoms. The van der Waals surface area contributed by atoms with E-state index < -0.39 is 6.04 Å². The van der Waals surface area contributed by atoms with E-state index in [1.165, 1.54) is 12.0 Å². The number of nitrogens with one attached hydrogen (secondary N) is 2. The second kappa shape index (κ2) is 10.8. The van der Waals surface area contributed by atoms with Crippen molar-refractivity contribution >= 4 is 11.8 Å². The van der Waals surface area contributed by atoms with Gasteiger partial charge in [0.1, 0.15) is 6.04 Å². The molecule has 5 nitrogen and oxygen atoms in total. The van der Waals surface area contributed by atoms with Gasteiger partial charge in [-0.1, -0.05) is 63.4 Å². The number of benzene rings is 1. The molecule has 1 atom stereocenters. The van der Waals surface area contributed by atoms with E-state index in [1.807, 2.05) is 19.9 Å². The third-order valence-electron chi connectivity index (χ3n) is 6.41. The van der Waals surface area contributed by atoms with Crippen molar-refractivity contribution in [3.05, 3.63) is 35.9 Å². The van der Waals surface area contributed by atoms with Crippen molar-refractivity contribution in [2.24, 2.45) is 11.8 Å². The largest absolute Gasteiger partial charge is 0.351 e. The molecule has 0 radical (unpaired) electrons. The lowest BCUT2D eigenvalue weighted by molar-refractivity contribution is -0.133. The van der Waals surface area contributed by atoms with Gasteiger partial charge in [0.2, 0.25) is 11.8 Å². The van der Waals surface area contributed by atoms with E-state index in [2.05, 4.69) is 39.8 Å². The number of rotatable bonds is 7. The van der Waals surface area contributed by atoms with Crippen LogP contribution in [0.25, 0.3) is 0 Å². The van der Waals surface area contributed by atoms with E-state index in [9.17, 15) is 9.59 Å². The molecule has 0 aromatic heterocycles. The molecular formula is C24H37N3O2. The molecule has 0 spiro atoms. The molecule has 160 valence electrons. The summed E-state index contributed by atoms with van der Waals surface area (Å²) in [6.07, 6.45) is 7.30. The van der Waals surface area contributed by atoms with Crippen molar-refractivity contribution in [1.29, 1.82) is 0 Å². The summed E-state index contributed by atoms with van der Waals surface area (Å²) >= 11 is 0. The first-order valence-corrected chi connectivity index (χ1v) is 11.4. The summed E-state index contributed by atoms with van der Waals surface area (Å²) in [6.45, 7) is 6.95. The molecule has 1 heterocycles. The summed E-state index contributed by atoms with van der Waals surface area (Å²) in [4.78, 5) is 28.0. The summed E-state index contributed by atoms with van der Waals surface area (Å²) in [7, 11) is 0. The monoisotopic (exact) mass is 399 g/mol. The van der Waals surface area contributed by atoms with E-state index in [1.54, 1.807) is 0 Å². The van der Waals surface area contributed by atoms with Crippen molar-refractivity contribution in [3.63, 3.8) is 0 Å². The third-order valence-corrected chi connectivity index (χ3v) is 6.41. The summed E-state index contributed by atoms with van der Waals surface area (Å²) < 4.78 is 0. The second-order valence-electron chi connectivity index (χ2n) is 9.11. The maximum Gasteiger partial charge on any atom is 0.243 e. The van der Waals surface area contributed by atoms with E-state index in [0.29, 0.717) is 0 Å². The zero-order chi connectivity index (χ0) is 20.6. The first-order valence-electron chi connectivity index (χ1n) is 11.4. The Morgan fingerprint density at radius 3 is 2.28 bits per heavy atom. The van der Waals surface area contributed by atoms with E-state index in [4.69, 9.17) is 0 Å². The van der Waals surface area contributed by atoms with Crippen LogP contribution in [0, 0.1) is 11.8 Å². The SMILES string of the molecule is CC(C)[C@@H](NC(=O)C1CCCCC1)C(=O)NC1CCN(Cc2ccccc2)CC1. The number of amides is 2. The van der Waals surface area contributed by atoms with Gasteiger partial charge in [0.05, 0.1) is 0 Å². The number of hydrogen-bond donors (Lipinski definition) is 2. The molecule has 2 aliphatic rings. The number of carbonyl (C=O) groups excluding carboxylic acids is 2. The molecule has 2 fully saturated rings. The van der Waals surface area contributed by atoms with Crippen LogP contribution in [-0.2, 0) is 16.1 Å². The smallest absolute Gasteiger partial charge is 0.243 e. The van der Waals surface area contributed by atoms with E-state index >= 15 is 0 Å². The van der Waals surface area contributed by atoms with Crippen LogP contribution in [-0.4, -0.2) is 41.9 Å². The summed E-state index contributed by atoms with van der Waals surface area (Å²) in [5.74, 6) is 0.210. The molecule has 1 aliphatic carbocycles. The van der Waals surface area contributed by atoms with Crippen molar-refractivity contribution in [2.75, 3.05) is 13.1 Å². The fourth-order valence-electron chi connectivity index (χ4n) is 4.54.